The largest absolute Gasteiger partial charge is 0.444 e. The molecular formula is C18H30FN3O2. The number of nitrogens with one attached hydrogen (secondary N) is 1. The van der Waals surface area contributed by atoms with E-state index in [1.165, 1.54) is 6.08 Å². The predicted octanol–water partition coefficient (Wildman–Crippen LogP) is 3.79. The van der Waals surface area contributed by atoms with Crippen molar-refractivity contribution in [1.82, 2.24) is 10.2 Å². The first-order valence-corrected chi connectivity index (χ1v) is 8.12. The van der Waals surface area contributed by atoms with E-state index in [1.54, 1.807) is 17.2 Å². The Morgan fingerprint density at radius 3 is 2.33 bits per heavy atom. The lowest BCUT2D eigenvalue weighted by Crippen LogP contribution is -2.44. The molecule has 1 aliphatic rings. The number of likely N-dealkylation sites (tertiary alicyclic amines) is 1. The van der Waals surface area contributed by atoms with Crippen molar-refractivity contribution < 1.29 is 13.9 Å². The minimum Gasteiger partial charge on any atom is -0.444 e. The molecule has 0 saturated carbocycles. The highest BCUT2D eigenvalue weighted by Gasteiger charge is 2.36. The monoisotopic (exact) mass is 339 g/mol. The number of rotatable bonds is 4. The van der Waals surface area contributed by atoms with Crippen LogP contribution in [0.2, 0.25) is 0 Å². The van der Waals surface area contributed by atoms with Gasteiger partial charge in [0, 0.05) is 20.1 Å². The van der Waals surface area contributed by atoms with Gasteiger partial charge in [0.25, 0.3) is 0 Å². The minimum absolute atomic E-state index is 0.330. The van der Waals surface area contributed by atoms with Crippen molar-refractivity contribution in [1.29, 1.82) is 5.26 Å². The molecule has 1 heterocycles. The number of nitrogens with zero attached hydrogens (tertiary/aromatic N) is 2. The molecular weight excluding hydrogens is 309 g/mol. The van der Waals surface area contributed by atoms with Gasteiger partial charge in [-0.2, -0.15) is 5.26 Å². The molecule has 6 heteroatoms. The Balaban J connectivity index is 0.00000118. The number of hydrogen-bond acceptors (Lipinski definition) is 4. The van der Waals surface area contributed by atoms with Crippen molar-refractivity contribution in [2.45, 2.75) is 45.6 Å². The Hall–Kier alpha value is -2.03. The van der Waals surface area contributed by atoms with Gasteiger partial charge in [0.1, 0.15) is 12.3 Å². The van der Waals surface area contributed by atoms with E-state index in [2.05, 4.69) is 18.0 Å². The summed E-state index contributed by atoms with van der Waals surface area (Å²) in [5, 5.41) is 12.0. The topological polar surface area (TPSA) is 65.4 Å². The molecule has 0 aliphatic carbocycles. The van der Waals surface area contributed by atoms with Crippen LogP contribution in [0.5, 0.6) is 0 Å². The molecule has 1 N–H and O–H groups in total. The SMILES string of the molecule is C=CNC.CC(C)(C)OC(=O)N1CCC(C#N)(C/C=C/CF)CC1. The van der Waals surface area contributed by atoms with E-state index in [0.29, 0.717) is 32.4 Å². The highest BCUT2D eigenvalue weighted by atomic mass is 19.1. The maximum absolute atomic E-state index is 12.1. The van der Waals surface area contributed by atoms with E-state index in [9.17, 15) is 14.4 Å². The Kier molecular flexibility index (Phi) is 9.79. The van der Waals surface area contributed by atoms with Crippen LogP contribution in [-0.2, 0) is 4.74 Å². The third-order valence-electron chi connectivity index (χ3n) is 3.58. The van der Waals surface area contributed by atoms with Crippen LogP contribution in [0.1, 0.15) is 40.0 Å². The van der Waals surface area contributed by atoms with E-state index in [1.807, 2.05) is 27.8 Å². The number of nitriles is 1. The van der Waals surface area contributed by atoms with Crippen LogP contribution in [0, 0.1) is 16.7 Å². The summed E-state index contributed by atoms with van der Waals surface area (Å²) in [6.07, 6.45) is 6.17. The van der Waals surface area contributed by atoms with E-state index in [0.717, 1.165) is 0 Å². The molecule has 0 aromatic rings. The Morgan fingerprint density at radius 1 is 1.42 bits per heavy atom. The predicted molar refractivity (Wildman–Crippen MR) is 94.1 cm³/mol. The van der Waals surface area contributed by atoms with Gasteiger partial charge in [0.2, 0.25) is 0 Å². The number of alkyl halides is 1. The van der Waals surface area contributed by atoms with Crippen molar-refractivity contribution in [2.24, 2.45) is 5.41 Å². The molecule has 0 aromatic carbocycles. The van der Waals surface area contributed by atoms with Gasteiger partial charge in [0.05, 0.1) is 11.5 Å². The van der Waals surface area contributed by atoms with Crippen LogP contribution < -0.4 is 5.32 Å². The molecule has 0 unspecified atom stereocenters. The van der Waals surface area contributed by atoms with Gasteiger partial charge >= 0.3 is 6.09 Å². The first-order chi connectivity index (χ1) is 11.2. The van der Waals surface area contributed by atoms with E-state index < -0.39 is 17.7 Å². The average molecular weight is 339 g/mol. The van der Waals surface area contributed by atoms with Crippen molar-refractivity contribution in [2.75, 3.05) is 26.8 Å². The molecule has 1 aliphatic heterocycles. The maximum Gasteiger partial charge on any atom is 0.410 e. The normalized spacial score (nSPS) is 16.6. The standard InChI is InChI=1S/C15H23FN2O2.C3H7N/c1-14(2,3)20-13(19)18-10-7-15(12-17,8-11-18)6-4-5-9-16;1-3-4-2/h4-5H,6-11H2,1-3H3;3-4H,1H2,2H3/b5-4+;. The number of hydrogen-bond donors (Lipinski definition) is 1. The summed E-state index contributed by atoms with van der Waals surface area (Å²) >= 11 is 0. The maximum atomic E-state index is 12.1. The summed E-state index contributed by atoms with van der Waals surface area (Å²) in [6, 6.07) is 2.33. The third kappa shape index (κ3) is 8.56. The van der Waals surface area contributed by atoms with Crippen LogP contribution in [0.4, 0.5) is 9.18 Å². The summed E-state index contributed by atoms with van der Waals surface area (Å²) in [5.74, 6) is 0. The lowest BCUT2D eigenvalue weighted by atomic mass is 9.77. The van der Waals surface area contributed by atoms with Crippen molar-refractivity contribution in [3.63, 3.8) is 0 Å². The summed E-state index contributed by atoms with van der Waals surface area (Å²) in [5.41, 5.74) is -0.991. The van der Waals surface area contributed by atoms with Crippen molar-refractivity contribution in [3.8, 4) is 6.07 Å². The van der Waals surface area contributed by atoms with E-state index in [-0.39, 0.29) is 6.09 Å². The van der Waals surface area contributed by atoms with Gasteiger partial charge in [0.15, 0.2) is 0 Å². The lowest BCUT2D eigenvalue weighted by molar-refractivity contribution is 0.0150. The molecule has 0 aromatic heterocycles. The molecule has 1 saturated heterocycles. The number of carbonyl (C=O) groups excluding carboxylic acids is 1. The van der Waals surface area contributed by atoms with Crippen LogP contribution in [-0.4, -0.2) is 43.4 Å². The van der Waals surface area contributed by atoms with Gasteiger partial charge < -0.3 is 15.0 Å². The van der Waals surface area contributed by atoms with E-state index in [4.69, 9.17) is 4.74 Å². The number of allylic oxidation sites excluding steroid dienone is 2. The second kappa shape index (κ2) is 10.7. The van der Waals surface area contributed by atoms with Crippen molar-refractivity contribution in [3.05, 3.63) is 24.9 Å². The Labute approximate surface area is 145 Å². The number of piperidine rings is 1. The van der Waals surface area contributed by atoms with Crippen molar-refractivity contribution >= 4 is 6.09 Å². The van der Waals surface area contributed by atoms with Crippen LogP contribution >= 0.6 is 0 Å². The molecule has 5 nitrogen and oxygen atoms in total. The summed E-state index contributed by atoms with van der Waals surface area (Å²) in [4.78, 5) is 13.6. The highest BCUT2D eigenvalue weighted by molar-refractivity contribution is 5.68. The van der Waals surface area contributed by atoms with Gasteiger partial charge in [-0.15, -0.1) is 0 Å². The zero-order valence-corrected chi connectivity index (χ0v) is 15.3. The number of amides is 1. The fourth-order valence-electron chi connectivity index (χ4n) is 2.18. The Bertz CT molecular complexity index is 456. The summed E-state index contributed by atoms with van der Waals surface area (Å²) < 4.78 is 17.4. The van der Waals surface area contributed by atoms with Crippen LogP contribution in [0.3, 0.4) is 0 Å². The van der Waals surface area contributed by atoms with Crippen LogP contribution in [0.15, 0.2) is 24.9 Å². The number of carbonyl (C=O) groups is 1. The molecule has 1 fully saturated rings. The first-order valence-electron chi connectivity index (χ1n) is 8.12. The molecule has 0 bridgehead atoms. The summed E-state index contributed by atoms with van der Waals surface area (Å²) in [6.45, 7) is 9.36. The molecule has 136 valence electrons. The molecule has 0 radical (unpaired) electrons. The Morgan fingerprint density at radius 2 is 1.96 bits per heavy atom. The minimum atomic E-state index is -0.509. The molecule has 0 spiro atoms. The third-order valence-corrected chi connectivity index (χ3v) is 3.58. The second-order valence-electron chi connectivity index (χ2n) is 6.68. The quantitative estimate of drug-likeness (QED) is 0.791. The number of ether oxygens (including phenoxy) is 1. The second-order valence-corrected chi connectivity index (χ2v) is 6.68. The lowest BCUT2D eigenvalue weighted by Gasteiger charge is -2.37. The molecule has 1 amide bonds. The average Bonchev–Trinajstić information content (AvgIpc) is 2.54. The molecule has 0 atom stereocenters. The first kappa shape index (κ1) is 22.0. The smallest absolute Gasteiger partial charge is 0.410 e. The van der Waals surface area contributed by atoms with Crippen LogP contribution in [0.25, 0.3) is 0 Å². The van der Waals surface area contributed by atoms with E-state index >= 15 is 0 Å². The van der Waals surface area contributed by atoms with Gasteiger partial charge in [-0.05, 0) is 46.2 Å². The highest BCUT2D eigenvalue weighted by Crippen LogP contribution is 2.35. The molecule has 24 heavy (non-hydrogen) atoms. The van der Waals surface area contributed by atoms with Gasteiger partial charge in [-0.3, -0.25) is 0 Å². The fourth-order valence-corrected chi connectivity index (χ4v) is 2.18. The fraction of sp³-hybridized carbons (Fsp3) is 0.667. The summed E-state index contributed by atoms with van der Waals surface area (Å²) in [7, 11) is 1.81. The zero-order chi connectivity index (χ0) is 18.6. The number of halogens is 1. The zero-order valence-electron chi connectivity index (χ0n) is 15.3. The molecule has 1 rings (SSSR count). The van der Waals surface area contributed by atoms with Gasteiger partial charge in [-0.25, -0.2) is 9.18 Å². The van der Waals surface area contributed by atoms with Gasteiger partial charge in [-0.1, -0.05) is 18.7 Å².